The van der Waals surface area contributed by atoms with Gasteiger partial charge >= 0.3 is 0 Å². The van der Waals surface area contributed by atoms with E-state index < -0.39 is 5.91 Å². The Kier molecular flexibility index (Phi) is 5.63. The molecule has 0 aliphatic carbocycles. The average Bonchev–Trinajstić information content (AvgIpc) is 3.41. The summed E-state index contributed by atoms with van der Waals surface area (Å²) < 4.78 is 10.9. The molecule has 9 heteroatoms. The van der Waals surface area contributed by atoms with Crippen molar-refractivity contribution < 1.29 is 24.1 Å². The number of phenols is 2. The molecule has 4 rings (SSSR count). The molecule has 2 heterocycles. The van der Waals surface area contributed by atoms with Crippen LogP contribution in [0.15, 0.2) is 51.5 Å². The van der Waals surface area contributed by atoms with Gasteiger partial charge in [-0.2, -0.15) is 4.98 Å². The summed E-state index contributed by atoms with van der Waals surface area (Å²) in [6, 6.07) is 12.0. The monoisotopic (exact) mass is 434 g/mol. The average molecular weight is 434 g/mol. The first-order valence-electron chi connectivity index (χ1n) is 10.1. The lowest BCUT2D eigenvalue weighted by Gasteiger charge is -2.11. The maximum atomic E-state index is 12.7. The first-order chi connectivity index (χ1) is 15.4. The second-order valence-corrected chi connectivity index (χ2v) is 7.47. The zero-order valence-corrected chi connectivity index (χ0v) is 17.8. The molecule has 0 spiro atoms. The van der Waals surface area contributed by atoms with Crippen molar-refractivity contribution in [1.82, 2.24) is 20.6 Å². The summed E-state index contributed by atoms with van der Waals surface area (Å²) in [5.41, 5.74) is 1.69. The molecule has 0 fully saturated rings. The number of rotatable bonds is 6. The highest BCUT2D eigenvalue weighted by Gasteiger charge is 2.30. The third-order valence-electron chi connectivity index (χ3n) is 4.93. The first-order valence-corrected chi connectivity index (χ1v) is 10.1. The molecule has 2 aromatic heterocycles. The van der Waals surface area contributed by atoms with E-state index in [0.717, 1.165) is 0 Å². The molecular formula is C23H22N4O5. The Bertz CT molecular complexity index is 1260. The van der Waals surface area contributed by atoms with Crippen LogP contribution in [0.25, 0.3) is 34.2 Å². The number of hydrogen-bond acceptors (Lipinski definition) is 8. The number of hydrogen-bond donors (Lipinski definition) is 3. The van der Waals surface area contributed by atoms with E-state index in [1.807, 2.05) is 44.2 Å². The van der Waals surface area contributed by atoms with Gasteiger partial charge in [-0.05, 0) is 36.6 Å². The molecule has 0 radical (unpaired) electrons. The highest BCUT2D eigenvalue weighted by molar-refractivity contribution is 6.01. The zero-order valence-electron chi connectivity index (χ0n) is 17.8. The quantitative estimate of drug-likeness (QED) is 0.408. The molecule has 164 valence electrons. The van der Waals surface area contributed by atoms with Crippen molar-refractivity contribution in [3.05, 3.63) is 53.7 Å². The summed E-state index contributed by atoms with van der Waals surface area (Å²) in [5, 5.41) is 31.4. The summed E-state index contributed by atoms with van der Waals surface area (Å²) in [7, 11) is 0. The van der Waals surface area contributed by atoms with Crippen LogP contribution in [0.5, 0.6) is 11.5 Å². The maximum absolute atomic E-state index is 12.7. The molecule has 0 saturated heterocycles. The maximum Gasteiger partial charge on any atom is 0.274 e. The van der Waals surface area contributed by atoms with E-state index in [1.165, 1.54) is 6.07 Å². The van der Waals surface area contributed by atoms with E-state index in [2.05, 4.69) is 20.6 Å². The summed E-state index contributed by atoms with van der Waals surface area (Å²) in [4.78, 5) is 17.1. The van der Waals surface area contributed by atoms with Crippen LogP contribution >= 0.6 is 0 Å². The molecule has 1 amide bonds. The largest absolute Gasteiger partial charge is 0.508 e. The summed E-state index contributed by atoms with van der Waals surface area (Å²) >= 11 is 0. The second-order valence-electron chi connectivity index (χ2n) is 7.47. The number of carbonyl (C=O) groups is 1. The Morgan fingerprint density at radius 1 is 1.06 bits per heavy atom. The van der Waals surface area contributed by atoms with E-state index in [1.54, 1.807) is 13.0 Å². The lowest BCUT2D eigenvalue weighted by Crippen LogP contribution is -2.23. The SMILES string of the molecule is CCNC(=O)c1noc(-c2cc(C(C)C)c(O)cc2O)c1-c1noc(-c2ccccc2)n1. The van der Waals surface area contributed by atoms with E-state index in [4.69, 9.17) is 9.05 Å². The van der Waals surface area contributed by atoms with Crippen LogP contribution in [0, 0.1) is 0 Å². The molecule has 0 atom stereocenters. The number of phenolic OH excluding ortho intramolecular Hbond substituents is 2. The van der Waals surface area contributed by atoms with Gasteiger partial charge in [-0.1, -0.05) is 42.4 Å². The minimum absolute atomic E-state index is 0.0292. The van der Waals surface area contributed by atoms with Crippen molar-refractivity contribution in [1.29, 1.82) is 0 Å². The van der Waals surface area contributed by atoms with Crippen molar-refractivity contribution in [2.45, 2.75) is 26.7 Å². The van der Waals surface area contributed by atoms with Crippen molar-refractivity contribution in [2.24, 2.45) is 0 Å². The molecule has 0 saturated carbocycles. The van der Waals surface area contributed by atoms with Crippen molar-refractivity contribution in [2.75, 3.05) is 6.54 Å². The summed E-state index contributed by atoms with van der Waals surface area (Å²) in [5.74, 6) is -0.363. The van der Waals surface area contributed by atoms with Crippen LogP contribution in [0.3, 0.4) is 0 Å². The van der Waals surface area contributed by atoms with Gasteiger partial charge in [0.1, 0.15) is 17.1 Å². The van der Waals surface area contributed by atoms with Gasteiger partial charge in [-0.25, -0.2) is 0 Å². The number of nitrogens with zero attached hydrogens (tertiary/aromatic N) is 3. The van der Waals surface area contributed by atoms with Crippen molar-refractivity contribution in [3.8, 4) is 45.7 Å². The van der Waals surface area contributed by atoms with Gasteiger partial charge in [0.2, 0.25) is 5.82 Å². The number of carbonyl (C=O) groups excluding carboxylic acids is 1. The smallest absolute Gasteiger partial charge is 0.274 e. The fourth-order valence-electron chi connectivity index (χ4n) is 3.34. The Balaban J connectivity index is 1.91. The number of amides is 1. The number of aromatic hydroxyl groups is 2. The molecule has 3 N–H and O–H groups in total. The van der Waals surface area contributed by atoms with Gasteiger partial charge in [0, 0.05) is 18.2 Å². The standard InChI is InChI=1S/C23H22N4O5/c1-4-24-22(30)19-18(21-25-23(32-27-21)13-8-6-5-7-9-13)20(31-26-19)15-10-14(12(2)3)16(28)11-17(15)29/h5-12,28-29H,4H2,1-3H3,(H,24,30). The molecule has 32 heavy (non-hydrogen) atoms. The third-order valence-corrected chi connectivity index (χ3v) is 4.93. The molecule has 4 aromatic rings. The lowest BCUT2D eigenvalue weighted by atomic mass is 9.96. The minimum Gasteiger partial charge on any atom is -0.508 e. The summed E-state index contributed by atoms with van der Waals surface area (Å²) in [6.07, 6.45) is 0. The van der Waals surface area contributed by atoms with E-state index in [9.17, 15) is 15.0 Å². The first kappa shape index (κ1) is 21.1. The lowest BCUT2D eigenvalue weighted by molar-refractivity contribution is 0.0947. The zero-order chi connectivity index (χ0) is 22.8. The van der Waals surface area contributed by atoms with Crippen molar-refractivity contribution in [3.63, 3.8) is 0 Å². The molecular weight excluding hydrogens is 412 g/mol. The molecule has 9 nitrogen and oxygen atoms in total. The van der Waals surface area contributed by atoms with Gasteiger partial charge in [0.05, 0.1) is 5.56 Å². The summed E-state index contributed by atoms with van der Waals surface area (Å²) in [6.45, 7) is 5.97. The number of nitrogens with one attached hydrogen (secondary N) is 1. The molecule has 0 aliphatic heterocycles. The Morgan fingerprint density at radius 3 is 2.50 bits per heavy atom. The normalized spacial score (nSPS) is 11.1. The van der Waals surface area contributed by atoms with Gasteiger partial charge in [0.25, 0.3) is 11.8 Å². The number of aromatic nitrogens is 3. The Hall–Kier alpha value is -4.14. The van der Waals surface area contributed by atoms with Crippen LogP contribution in [-0.2, 0) is 0 Å². The van der Waals surface area contributed by atoms with Gasteiger partial charge in [-0.15, -0.1) is 0 Å². The van der Waals surface area contributed by atoms with Crippen LogP contribution in [0.2, 0.25) is 0 Å². The number of benzene rings is 2. The van der Waals surface area contributed by atoms with Crippen LogP contribution in [-0.4, -0.2) is 38.0 Å². The van der Waals surface area contributed by atoms with Gasteiger partial charge in [-0.3, -0.25) is 4.79 Å². The van der Waals surface area contributed by atoms with Crippen LogP contribution in [0.1, 0.15) is 42.7 Å². The fraction of sp³-hybridized carbons (Fsp3) is 0.217. The second kappa shape index (κ2) is 8.54. The highest BCUT2D eigenvalue weighted by atomic mass is 16.5. The third kappa shape index (κ3) is 3.80. The predicted octanol–water partition coefficient (Wildman–Crippen LogP) is 4.34. The topological polar surface area (TPSA) is 135 Å². The van der Waals surface area contributed by atoms with E-state index in [-0.39, 0.29) is 51.7 Å². The fourth-order valence-corrected chi connectivity index (χ4v) is 3.34. The molecule has 2 aromatic carbocycles. The molecule has 0 bridgehead atoms. The highest BCUT2D eigenvalue weighted by Crippen LogP contribution is 2.42. The van der Waals surface area contributed by atoms with E-state index in [0.29, 0.717) is 17.7 Å². The predicted molar refractivity (Wildman–Crippen MR) is 116 cm³/mol. The molecule has 0 unspecified atom stereocenters. The van der Waals surface area contributed by atoms with Gasteiger partial charge < -0.3 is 24.6 Å². The Labute approximate surface area is 183 Å². The Morgan fingerprint density at radius 2 is 1.81 bits per heavy atom. The van der Waals surface area contributed by atoms with Crippen molar-refractivity contribution >= 4 is 5.91 Å². The van der Waals surface area contributed by atoms with Crippen LogP contribution in [0.4, 0.5) is 0 Å². The van der Waals surface area contributed by atoms with Crippen LogP contribution < -0.4 is 5.32 Å². The minimum atomic E-state index is -0.481. The molecule has 0 aliphatic rings. The van der Waals surface area contributed by atoms with E-state index >= 15 is 0 Å². The van der Waals surface area contributed by atoms with Gasteiger partial charge in [0.15, 0.2) is 11.5 Å².